The second-order valence-electron chi connectivity index (χ2n) is 7.17. The molecule has 1 saturated heterocycles. The van der Waals surface area contributed by atoms with Gasteiger partial charge in [0.25, 0.3) is 0 Å². The fraction of sp³-hybridized carbons (Fsp3) is 0.409. The smallest absolute Gasteiger partial charge is 0.412 e. The number of rotatable bonds is 7. The maximum absolute atomic E-state index is 12.5. The first-order valence-corrected chi connectivity index (χ1v) is 10.7. The molecule has 165 valence electrons. The molecule has 1 fully saturated rings. The zero-order valence-corrected chi connectivity index (χ0v) is 19.7. The zero-order valence-electron chi connectivity index (χ0n) is 17.6. The third-order valence-electron chi connectivity index (χ3n) is 5.30. The summed E-state index contributed by atoms with van der Waals surface area (Å²) in [7, 11) is 1.87. The van der Waals surface area contributed by atoms with Crippen LogP contribution in [-0.4, -0.2) is 95.0 Å². The number of carbonyl (C=O) groups excluding carboxylic acids is 1. The van der Waals surface area contributed by atoms with Crippen molar-refractivity contribution in [3.63, 3.8) is 0 Å². The van der Waals surface area contributed by atoms with Crippen LogP contribution in [0.3, 0.4) is 0 Å². The summed E-state index contributed by atoms with van der Waals surface area (Å²) < 4.78 is 1.21. The molecule has 1 amide bonds. The van der Waals surface area contributed by atoms with E-state index in [0.29, 0.717) is 6.42 Å². The third-order valence-corrected chi connectivity index (χ3v) is 5.99. The Morgan fingerprint density at radius 1 is 0.867 bits per heavy atom. The van der Waals surface area contributed by atoms with E-state index in [2.05, 4.69) is 56.6 Å². The molecule has 0 saturated carbocycles. The molecule has 0 bridgehead atoms. The molecule has 1 aliphatic rings. The Kier molecular flexibility index (Phi) is 13.5. The van der Waals surface area contributed by atoms with Crippen LogP contribution in [0.1, 0.15) is 12.0 Å². The standard InChI is InChI=1S/C22H28GeN3O.3H2O/c1-24(21-9-7-20(23)8-10-21)22(27)12-14-26-17-15-25(16-18-26)13-11-19-5-3-2-4-6-19;;;/h2-10H,11-18H2,1H3;3*1H2. The van der Waals surface area contributed by atoms with Gasteiger partial charge >= 0.3 is 122 Å². The summed E-state index contributed by atoms with van der Waals surface area (Å²) in [6.07, 6.45) is 1.69. The number of nitrogens with zero attached hydrogens (tertiary/aromatic N) is 3. The molecule has 6 N–H and O–H groups in total. The van der Waals surface area contributed by atoms with Crippen molar-refractivity contribution in [3.05, 3.63) is 60.2 Å². The molecule has 7 nitrogen and oxygen atoms in total. The summed E-state index contributed by atoms with van der Waals surface area (Å²) >= 11 is 2.06. The largest absolute Gasteiger partial charge is 0.412 e. The fourth-order valence-corrected chi connectivity index (χ4v) is 3.77. The van der Waals surface area contributed by atoms with E-state index in [1.807, 2.05) is 31.3 Å². The quantitative estimate of drug-likeness (QED) is 0.487. The van der Waals surface area contributed by atoms with Crippen molar-refractivity contribution < 1.29 is 21.2 Å². The zero-order chi connectivity index (χ0) is 19.1. The minimum absolute atomic E-state index is 0. The summed E-state index contributed by atoms with van der Waals surface area (Å²) in [5, 5.41) is 0. The molecule has 2 aromatic rings. The first-order chi connectivity index (χ1) is 13.1. The van der Waals surface area contributed by atoms with E-state index in [1.54, 1.807) is 4.90 Å². The van der Waals surface area contributed by atoms with Gasteiger partial charge < -0.3 is 16.4 Å². The van der Waals surface area contributed by atoms with Crippen LogP contribution in [-0.2, 0) is 11.2 Å². The van der Waals surface area contributed by atoms with Gasteiger partial charge in [0.15, 0.2) is 0 Å². The molecule has 30 heavy (non-hydrogen) atoms. The van der Waals surface area contributed by atoms with Gasteiger partial charge in [-0.05, 0) is 12.0 Å². The van der Waals surface area contributed by atoms with Crippen LogP contribution in [0.2, 0.25) is 0 Å². The van der Waals surface area contributed by atoms with Gasteiger partial charge in [-0.2, -0.15) is 0 Å². The van der Waals surface area contributed by atoms with Gasteiger partial charge in [-0.3, -0.25) is 0 Å². The molecule has 3 radical (unpaired) electrons. The van der Waals surface area contributed by atoms with Crippen LogP contribution in [0.5, 0.6) is 0 Å². The average molecular weight is 477 g/mol. The molecular formula is C22H34GeN3O4. The van der Waals surface area contributed by atoms with Gasteiger partial charge in [-0.1, -0.05) is 30.3 Å². The average Bonchev–Trinajstić information content (AvgIpc) is 2.72. The molecule has 2 aromatic carbocycles. The van der Waals surface area contributed by atoms with Gasteiger partial charge in [-0.25, -0.2) is 0 Å². The number of piperazine rings is 1. The molecule has 0 aliphatic carbocycles. The normalized spacial score (nSPS) is 14.1. The Balaban J connectivity index is 0.00000280. The molecular weight excluding hydrogens is 443 g/mol. The summed E-state index contributed by atoms with van der Waals surface area (Å²) in [4.78, 5) is 19.2. The number of hydrogen-bond acceptors (Lipinski definition) is 3. The third kappa shape index (κ3) is 8.55. The van der Waals surface area contributed by atoms with Crippen LogP contribution in [0.4, 0.5) is 5.69 Å². The van der Waals surface area contributed by atoms with Gasteiger partial charge in [0.05, 0.1) is 0 Å². The predicted molar refractivity (Wildman–Crippen MR) is 124 cm³/mol. The van der Waals surface area contributed by atoms with Gasteiger partial charge in [0.2, 0.25) is 0 Å². The van der Waals surface area contributed by atoms with Crippen molar-refractivity contribution in [3.8, 4) is 0 Å². The van der Waals surface area contributed by atoms with Crippen LogP contribution < -0.4 is 9.30 Å². The summed E-state index contributed by atoms with van der Waals surface area (Å²) in [6, 6.07) is 18.8. The van der Waals surface area contributed by atoms with Crippen molar-refractivity contribution in [1.29, 1.82) is 0 Å². The van der Waals surface area contributed by atoms with E-state index >= 15 is 0 Å². The molecule has 1 aliphatic heterocycles. The molecule has 0 unspecified atom stereocenters. The van der Waals surface area contributed by atoms with Gasteiger partial charge in [0, 0.05) is 6.54 Å². The van der Waals surface area contributed by atoms with Crippen molar-refractivity contribution in [2.45, 2.75) is 12.8 Å². The number of anilines is 1. The molecule has 3 rings (SSSR count). The van der Waals surface area contributed by atoms with E-state index in [9.17, 15) is 4.79 Å². The topological polar surface area (TPSA) is 121 Å². The second kappa shape index (κ2) is 14.3. The summed E-state index contributed by atoms with van der Waals surface area (Å²) in [5.41, 5.74) is 2.38. The van der Waals surface area contributed by atoms with E-state index in [1.165, 1.54) is 9.96 Å². The summed E-state index contributed by atoms with van der Waals surface area (Å²) in [6.45, 7) is 6.25. The molecule has 0 spiro atoms. The first kappa shape index (κ1) is 28.3. The van der Waals surface area contributed by atoms with E-state index in [4.69, 9.17) is 0 Å². The SMILES string of the molecule is CN(C(=O)CCN1CCN(CCc2ccccc2)CC1)c1cc[c]([Ge])cc1.O.O.O. The summed E-state index contributed by atoms with van der Waals surface area (Å²) in [5.74, 6) is 0.186. The minimum Gasteiger partial charge on any atom is -0.412 e. The van der Waals surface area contributed by atoms with Crippen molar-refractivity contribution in [1.82, 2.24) is 9.80 Å². The number of amides is 1. The maximum Gasteiger partial charge on any atom is -0.412 e. The number of benzene rings is 2. The van der Waals surface area contributed by atoms with Crippen LogP contribution >= 0.6 is 0 Å². The van der Waals surface area contributed by atoms with Crippen molar-refractivity contribution >= 4 is 32.5 Å². The van der Waals surface area contributed by atoms with E-state index < -0.39 is 0 Å². The van der Waals surface area contributed by atoms with Crippen molar-refractivity contribution in [2.24, 2.45) is 0 Å². The Hall–Kier alpha value is -1.75. The second-order valence-corrected chi connectivity index (χ2v) is 8.38. The Bertz CT molecular complexity index is 723. The van der Waals surface area contributed by atoms with Crippen LogP contribution in [0, 0.1) is 0 Å². The Morgan fingerprint density at radius 2 is 1.40 bits per heavy atom. The molecule has 0 atom stereocenters. The first-order valence-electron chi connectivity index (χ1n) is 9.69. The number of hydrogen-bond donors (Lipinski definition) is 0. The van der Waals surface area contributed by atoms with Crippen LogP contribution in [0.15, 0.2) is 54.6 Å². The monoisotopic (exact) mass is 478 g/mol. The minimum atomic E-state index is 0. The van der Waals surface area contributed by atoms with Gasteiger partial charge in [0.1, 0.15) is 0 Å². The fourth-order valence-electron chi connectivity index (χ4n) is 3.42. The molecule has 1 heterocycles. The Labute approximate surface area is 187 Å². The Morgan fingerprint density at radius 3 is 1.97 bits per heavy atom. The van der Waals surface area contributed by atoms with Crippen molar-refractivity contribution in [2.75, 3.05) is 51.2 Å². The maximum atomic E-state index is 12.5. The van der Waals surface area contributed by atoms with E-state index in [-0.39, 0.29) is 22.3 Å². The molecule has 0 aromatic heterocycles. The van der Waals surface area contributed by atoms with E-state index in [0.717, 1.165) is 51.4 Å². The predicted octanol–water partition coefficient (Wildman–Crippen LogP) is -0.780. The molecule has 8 heteroatoms. The number of carbonyl (C=O) groups is 1. The van der Waals surface area contributed by atoms with Gasteiger partial charge in [-0.15, -0.1) is 0 Å². The van der Waals surface area contributed by atoms with Crippen LogP contribution in [0.25, 0.3) is 0 Å².